The standard InChI is InChI=1S/C17H21NO3/c1-11-14-9-16-15(20-10-21-16)8-13(14)6-7-18(11)17(19)12-4-2-3-5-12/h8-9,11-12H,2-7,10H2,1H3. The lowest BCUT2D eigenvalue weighted by Crippen LogP contribution is -2.41. The number of fused-ring (bicyclic) bond motifs is 2. The third-order valence-electron chi connectivity index (χ3n) is 5.16. The number of ether oxygens (including phenoxy) is 2. The first-order chi connectivity index (χ1) is 10.2. The molecule has 1 aromatic carbocycles. The lowest BCUT2D eigenvalue weighted by atomic mass is 9.91. The Morgan fingerprint density at radius 3 is 2.67 bits per heavy atom. The Hall–Kier alpha value is -1.71. The molecule has 112 valence electrons. The molecule has 21 heavy (non-hydrogen) atoms. The Balaban J connectivity index is 1.62. The first kappa shape index (κ1) is 13.0. The average Bonchev–Trinajstić information content (AvgIpc) is 3.16. The molecule has 0 spiro atoms. The SMILES string of the molecule is CC1c2cc3c(cc2CCN1C(=O)C1CCCC1)OCO3. The van der Waals surface area contributed by atoms with Crippen molar-refractivity contribution >= 4 is 5.91 Å². The second-order valence-electron chi connectivity index (χ2n) is 6.34. The summed E-state index contributed by atoms with van der Waals surface area (Å²) in [7, 11) is 0. The van der Waals surface area contributed by atoms with E-state index in [0.717, 1.165) is 37.3 Å². The van der Waals surface area contributed by atoms with Gasteiger partial charge in [0.15, 0.2) is 11.5 Å². The van der Waals surface area contributed by atoms with Crippen LogP contribution in [-0.2, 0) is 11.2 Å². The van der Waals surface area contributed by atoms with Crippen molar-refractivity contribution in [1.29, 1.82) is 0 Å². The molecular formula is C17H21NO3. The van der Waals surface area contributed by atoms with Gasteiger partial charge >= 0.3 is 0 Å². The number of nitrogens with zero attached hydrogens (tertiary/aromatic N) is 1. The molecular weight excluding hydrogens is 266 g/mol. The van der Waals surface area contributed by atoms with Crippen LogP contribution in [0.1, 0.15) is 49.8 Å². The Kier molecular flexibility index (Phi) is 3.05. The molecule has 3 aliphatic rings. The molecule has 1 aromatic rings. The minimum Gasteiger partial charge on any atom is -0.454 e. The minimum absolute atomic E-state index is 0.136. The quantitative estimate of drug-likeness (QED) is 0.797. The van der Waals surface area contributed by atoms with Crippen molar-refractivity contribution in [2.75, 3.05) is 13.3 Å². The van der Waals surface area contributed by atoms with Crippen molar-refractivity contribution in [3.63, 3.8) is 0 Å². The molecule has 1 aliphatic carbocycles. The van der Waals surface area contributed by atoms with Crippen LogP contribution in [0.2, 0.25) is 0 Å². The van der Waals surface area contributed by atoms with Crippen LogP contribution < -0.4 is 9.47 Å². The van der Waals surface area contributed by atoms with E-state index in [0.29, 0.717) is 12.7 Å². The van der Waals surface area contributed by atoms with Crippen molar-refractivity contribution in [3.8, 4) is 11.5 Å². The van der Waals surface area contributed by atoms with E-state index in [4.69, 9.17) is 9.47 Å². The van der Waals surface area contributed by atoms with Gasteiger partial charge in [-0.1, -0.05) is 12.8 Å². The highest BCUT2D eigenvalue weighted by atomic mass is 16.7. The predicted molar refractivity (Wildman–Crippen MR) is 78.4 cm³/mol. The molecule has 4 heteroatoms. The van der Waals surface area contributed by atoms with Gasteiger partial charge in [0, 0.05) is 12.5 Å². The van der Waals surface area contributed by atoms with Crippen LogP contribution in [0, 0.1) is 5.92 Å². The van der Waals surface area contributed by atoms with Gasteiger partial charge in [0.1, 0.15) is 0 Å². The molecule has 0 bridgehead atoms. The normalized spacial score (nSPS) is 24.2. The van der Waals surface area contributed by atoms with Gasteiger partial charge in [-0.25, -0.2) is 0 Å². The third-order valence-corrected chi connectivity index (χ3v) is 5.16. The fourth-order valence-corrected chi connectivity index (χ4v) is 3.92. The monoisotopic (exact) mass is 287 g/mol. The van der Waals surface area contributed by atoms with E-state index >= 15 is 0 Å². The Morgan fingerprint density at radius 2 is 1.90 bits per heavy atom. The molecule has 2 heterocycles. The number of hydrogen-bond acceptors (Lipinski definition) is 3. The predicted octanol–water partition coefficient (Wildman–Crippen LogP) is 3.05. The molecule has 1 atom stereocenters. The molecule has 0 radical (unpaired) electrons. The van der Waals surface area contributed by atoms with Crippen LogP contribution in [0.4, 0.5) is 0 Å². The summed E-state index contributed by atoms with van der Waals surface area (Å²) in [4.78, 5) is 14.8. The summed E-state index contributed by atoms with van der Waals surface area (Å²) in [5.74, 6) is 2.26. The maximum absolute atomic E-state index is 12.7. The fraction of sp³-hybridized carbons (Fsp3) is 0.588. The average molecular weight is 287 g/mol. The van der Waals surface area contributed by atoms with E-state index in [1.165, 1.54) is 24.0 Å². The molecule has 1 fully saturated rings. The van der Waals surface area contributed by atoms with Gasteiger partial charge in [-0.05, 0) is 49.4 Å². The summed E-state index contributed by atoms with van der Waals surface area (Å²) < 4.78 is 10.9. The topological polar surface area (TPSA) is 38.8 Å². The van der Waals surface area contributed by atoms with Crippen molar-refractivity contribution in [3.05, 3.63) is 23.3 Å². The molecule has 4 nitrogen and oxygen atoms in total. The summed E-state index contributed by atoms with van der Waals surface area (Å²) in [5.41, 5.74) is 2.51. The van der Waals surface area contributed by atoms with E-state index in [1.807, 2.05) is 0 Å². The van der Waals surface area contributed by atoms with E-state index in [2.05, 4.69) is 24.0 Å². The van der Waals surface area contributed by atoms with E-state index in [-0.39, 0.29) is 12.0 Å². The highest BCUT2D eigenvalue weighted by Crippen LogP contribution is 2.41. The van der Waals surface area contributed by atoms with Crippen molar-refractivity contribution in [2.45, 2.75) is 45.1 Å². The first-order valence-corrected chi connectivity index (χ1v) is 7.97. The first-order valence-electron chi connectivity index (χ1n) is 7.97. The maximum atomic E-state index is 12.7. The number of carbonyl (C=O) groups excluding carboxylic acids is 1. The number of hydrogen-bond donors (Lipinski definition) is 0. The molecule has 0 N–H and O–H groups in total. The molecule has 1 unspecified atom stereocenters. The van der Waals surface area contributed by atoms with Gasteiger partial charge in [-0.15, -0.1) is 0 Å². The molecule has 1 amide bonds. The second kappa shape index (κ2) is 4.93. The molecule has 4 rings (SSSR count). The number of amides is 1. The van der Waals surface area contributed by atoms with Gasteiger partial charge in [0.2, 0.25) is 12.7 Å². The Labute approximate surface area is 125 Å². The zero-order valence-corrected chi connectivity index (χ0v) is 12.4. The van der Waals surface area contributed by atoms with Crippen molar-refractivity contribution in [1.82, 2.24) is 4.90 Å². The number of carbonyl (C=O) groups is 1. The summed E-state index contributed by atoms with van der Waals surface area (Å²) >= 11 is 0. The summed E-state index contributed by atoms with van der Waals surface area (Å²) in [6.45, 7) is 3.26. The lowest BCUT2D eigenvalue weighted by molar-refractivity contribution is -0.138. The van der Waals surface area contributed by atoms with Gasteiger partial charge in [-0.2, -0.15) is 0 Å². The van der Waals surface area contributed by atoms with Crippen LogP contribution in [0.15, 0.2) is 12.1 Å². The second-order valence-corrected chi connectivity index (χ2v) is 6.34. The molecule has 0 saturated heterocycles. The number of rotatable bonds is 1. The highest BCUT2D eigenvalue weighted by Gasteiger charge is 2.34. The highest BCUT2D eigenvalue weighted by molar-refractivity contribution is 5.80. The third kappa shape index (κ3) is 2.08. The van der Waals surface area contributed by atoms with Crippen LogP contribution in [0.5, 0.6) is 11.5 Å². The summed E-state index contributed by atoms with van der Waals surface area (Å²) in [6, 6.07) is 4.29. The van der Waals surface area contributed by atoms with E-state index < -0.39 is 0 Å². The van der Waals surface area contributed by atoms with Crippen LogP contribution in [0.3, 0.4) is 0 Å². The lowest BCUT2D eigenvalue weighted by Gasteiger charge is -2.37. The van der Waals surface area contributed by atoms with Crippen LogP contribution >= 0.6 is 0 Å². The van der Waals surface area contributed by atoms with Crippen molar-refractivity contribution < 1.29 is 14.3 Å². The zero-order valence-electron chi connectivity index (χ0n) is 12.4. The zero-order chi connectivity index (χ0) is 14.4. The van der Waals surface area contributed by atoms with Crippen molar-refractivity contribution in [2.24, 2.45) is 5.92 Å². The summed E-state index contributed by atoms with van der Waals surface area (Å²) in [5, 5.41) is 0. The van der Waals surface area contributed by atoms with Gasteiger partial charge in [0.25, 0.3) is 0 Å². The minimum atomic E-state index is 0.136. The van der Waals surface area contributed by atoms with Gasteiger partial charge in [0.05, 0.1) is 6.04 Å². The van der Waals surface area contributed by atoms with Crippen LogP contribution in [-0.4, -0.2) is 24.1 Å². The fourth-order valence-electron chi connectivity index (χ4n) is 3.92. The van der Waals surface area contributed by atoms with Gasteiger partial charge in [-0.3, -0.25) is 4.79 Å². The Morgan fingerprint density at radius 1 is 1.19 bits per heavy atom. The van der Waals surface area contributed by atoms with E-state index in [9.17, 15) is 4.79 Å². The number of benzene rings is 1. The molecule has 1 saturated carbocycles. The smallest absolute Gasteiger partial charge is 0.231 e. The van der Waals surface area contributed by atoms with E-state index in [1.54, 1.807) is 0 Å². The molecule has 2 aliphatic heterocycles. The van der Waals surface area contributed by atoms with Gasteiger partial charge < -0.3 is 14.4 Å². The van der Waals surface area contributed by atoms with Crippen LogP contribution in [0.25, 0.3) is 0 Å². The molecule has 0 aromatic heterocycles. The largest absolute Gasteiger partial charge is 0.454 e. The Bertz CT molecular complexity index is 578. The maximum Gasteiger partial charge on any atom is 0.231 e. The summed E-state index contributed by atoms with van der Waals surface area (Å²) in [6.07, 6.45) is 5.45.